The smallest absolute Gasteiger partial charge is 0.248 e. The maximum atomic E-state index is 13.1. The Kier molecular flexibility index (Phi) is 3.07. The predicted molar refractivity (Wildman–Crippen MR) is 38.9 cm³/mol. The number of nitriles is 1. The minimum Gasteiger partial charge on any atom is -0.248 e. The number of rotatable bonds is 1. The highest BCUT2D eigenvalue weighted by Gasteiger charge is 2.39. The molecule has 0 fully saturated rings. The van der Waals surface area contributed by atoms with Crippen molar-refractivity contribution in [3.8, 4) is 6.07 Å². The lowest BCUT2D eigenvalue weighted by molar-refractivity contribution is -0.143. The van der Waals surface area contributed by atoms with E-state index in [0.29, 0.717) is 0 Å². The summed E-state index contributed by atoms with van der Waals surface area (Å²) in [5, 5.41) is 8.31. The zero-order valence-electron chi connectivity index (χ0n) is 7.32. The van der Waals surface area contributed by atoms with Crippen molar-refractivity contribution in [3.05, 3.63) is 28.8 Å². The van der Waals surface area contributed by atoms with Crippen molar-refractivity contribution in [2.24, 2.45) is 0 Å². The molecule has 0 bridgehead atoms. The summed E-state index contributed by atoms with van der Waals surface area (Å²) in [5.41, 5.74) is -4.55. The summed E-state index contributed by atoms with van der Waals surface area (Å²) < 4.78 is 73.9. The van der Waals surface area contributed by atoms with Crippen LogP contribution < -0.4 is 0 Å². The number of alkyl halides is 5. The minimum absolute atomic E-state index is 0.271. The molecular formula is C8H2F6N2. The summed E-state index contributed by atoms with van der Waals surface area (Å²) in [6.45, 7) is 0. The first-order valence-corrected chi connectivity index (χ1v) is 3.73. The van der Waals surface area contributed by atoms with E-state index in [-0.39, 0.29) is 6.20 Å². The lowest BCUT2D eigenvalue weighted by Crippen LogP contribution is -2.14. The van der Waals surface area contributed by atoms with Gasteiger partial charge < -0.3 is 0 Å². The predicted octanol–water partition coefficient (Wildman–Crippen LogP) is 3.05. The second-order valence-electron chi connectivity index (χ2n) is 2.66. The molecule has 2 nitrogen and oxygen atoms in total. The number of pyridine rings is 1. The fourth-order valence-electron chi connectivity index (χ4n) is 1.00. The first kappa shape index (κ1) is 12.3. The average Bonchev–Trinajstić information content (AvgIpc) is 2.14. The number of halogens is 6. The second kappa shape index (κ2) is 4.00. The molecule has 16 heavy (non-hydrogen) atoms. The average molecular weight is 240 g/mol. The Labute approximate surface area is 85.1 Å². The Morgan fingerprint density at radius 2 is 1.88 bits per heavy atom. The van der Waals surface area contributed by atoms with Gasteiger partial charge in [-0.2, -0.15) is 18.4 Å². The molecule has 0 N–H and O–H groups in total. The van der Waals surface area contributed by atoms with Gasteiger partial charge in [0.1, 0.15) is 6.07 Å². The van der Waals surface area contributed by atoms with E-state index in [1.807, 2.05) is 0 Å². The van der Waals surface area contributed by atoms with Crippen LogP contribution in [0.2, 0.25) is 0 Å². The number of hydrogen-bond donors (Lipinski definition) is 0. The lowest BCUT2D eigenvalue weighted by atomic mass is 10.1. The highest BCUT2D eigenvalue weighted by Crippen LogP contribution is 2.34. The fraction of sp³-hybridized carbons (Fsp3) is 0.250. The van der Waals surface area contributed by atoms with Gasteiger partial charge in [0.05, 0.1) is 11.1 Å². The largest absolute Gasteiger partial charge is 0.436 e. The maximum Gasteiger partial charge on any atom is 0.436 e. The van der Waals surface area contributed by atoms with Crippen LogP contribution in [-0.2, 0) is 6.18 Å². The van der Waals surface area contributed by atoms with Gasteiger partial charge in [0.2, 0.25) is 0 Å². The van der Waals surface area contributed by atoms with Gasteiger partial charge in [0.25, 0.3) is 6.43 Å². The van der Waals surface area contributed by atoms with Crippen LogP contribution in [0.15, 0.2) is 6.20 Å². The van der Waals surface area contributed by atoms with Crippen molar-refractivity contribution in [2.45, 2.75) is 12.6 Å². The summed E-state index contributed by atoms with van der Waals surface area (Å²) in [7, 11) is 0. The summed E-state index contributed by atoms with van der Waals surface area (Å²) in [6, 6.07) is 1.15. The van der Waals surface area contributed by atoms with Crippen LogP contribution in [0.5, 0.6) is 0 Å². The molecule has 0 aromatic carbocycles. The van der Waals surface area contributed by atoms with Crippen LogP contribution in [0.25, 0.3) is 0 Å². The zero-order valence-corrected chi connectivity index (χ0v) is 7.32. The molecule has 8 heteroatoms. The van der Waals surface area contributed by atoms with Gasteiger partial charge in [-0.3, -0.25) is 0 Å². The molecule has 0 radical (unpaired) electrons. The highest BCUT2D eigenvalue weighted by molar-refractivity contribution is 5.39. The van der Waals surface area contributed by atoms with Crippen molar-refractivity contribution in [2.75, 3.05) is 0 Å². The molecule has 0 aliphatic carbocycles. The van der Waals surface area contributed by atoms with Gasteiger partial charge in [-0.05, 0) is 0 Å². The lowest BCUT2D eigenvalue weighted by Gasteiger charge is -2.10. The van der Waals surface area contributed by atoms with E-state index >= 15 is 0 Å². The van der Waals surface area contributed by atoms with Crippen molar-refractivity contribution >= 4 is 0 Å². The van der Waals surface area contributed by atoms with Crippen molar-refractivity contribution < 1.29 is 26.3 Å². The molecule has 0 spiro atoms. The van der Waals surface area contributed by atoms with Gasteiger partial charge in [-0.1, -0.05) is 0 Å². The molecule has 1 aromatic heterocycles. The Morgan fingerprint density at radius 1 is 1.31 bits per heavy atom. The summed E-state index contributed by atoms with van der Waals surface area (Å²) in [4.78, 5) is 2.61. The molecule has 1 rings (SSSR count). The Hall–Kier alpha value is -1.78. The molecule has 0 amide bonds. The number of aromatic nitrogens is 1. The molecule has 0 saturated heterocycles. The summed E-state index contributed by atoms with van der Waals surface area (Å²) >= 11 is 0. The molecule has 1 heterocycles. The first-order chi connectivity index (χ1) is 7.29. The molecule has 86 valence electrons. The van der Waals surface area contributed by atoms with E-state index in [4.69, 9.17) is 5.26 Å². The molecule has 0 aliphatic rings. The van der Waals surface area contributed by atoms with Crippen LogP contribution >= 0.6 is 0 Å². The third-order valence-electron chi connectivity index (χ3n) is 1.66. The summed E-state index contributed by atoms with van der Waals surface area (Å²) in [5.74, 6) is -2.21. The van der Waals surface area contributed by atoms with Crippen molar-refractivity contribution in [1.82, 2.24) is 4.98 Å². The normalized spacial score (nSPS) is 11.6. The molecule has 0 saturated carbocycles. The van der Waals surface area contributed by atoms with E-state index in [1.54, 1.807) is 0 Å². The van der Waals surface area contributed by atoms with E-state index in [9.17, 15) is 26.3 Å². The molecule has 0 aliphatic heterocycles. The van der Waals surface area contributed by atoms with E-state index in [0.717, 1.165) is 6.07 Å². The van der Waals surface area contributed by atoms with Crippen LogP contribution in [-0.4, -0.2) is 4.98 Å². The molecular weight excluding hydrogens is 238 g/mol. The van der Waals surface area contributed by atoms with E-state index in [1.165, 1.54) is 0 Å². The topological polar surface area (TPSA) is 36.7 Å². The van der Waals surface area contributed by atoms with Crippen LogP contribution in [0.1, 0.15) is 23.2 Å². The van der Waals surface area contributed by atoms with Crippen molar-refractivity contribution in [3.63, 3.8) is 0 Å². The van der Waals surface area contributed by atoms with Gasteiger partial charge in [-0.15, -0.1) is 0 Å². The van der Waals surface area contributed by atoms with E-state index < -0.39 is 35.2 Å². The Morgan fingerprint density at radius 3 is 2.25 bits per heavy atom. The van der Waals surface area contributed by atoms with Crippen LogP contribution in [0.3, 0.4) is 0 Å². The third-order valence-corrected chi connectivity index (χ3v) is 1.66. The first-order valence-electron chi connectivity index (χ1n) is 3.73. The van der Waals surface area contributed by atoms with E-state index in [2.05, 4.69) is 4.98 Å². The SMILES string of the molecule is N#Cc1cnc(C(F)(F)F)c(F)c1C(F)F. The quantitative estimate of drug-likeness (QED) is 0.707. The van der Waals surface area contributed by atoms with Crippen molar-refractivity contribution in [1.29, 1.82) is 5.26 Å². The Bertz CT molecular complexity index is 445. The monoisotopic (exact) mass is 240 g/mol. The van der Waals surface area contributed by atoms with Crippen LogP contribution in [0, 0.1) is 17.1 Å². The maximum absolute atomic E-state index is 13.1. The fourth-order valence-corrected chi connectivity index (χ4v) is 1.00. The highest BCUT2D eigenvalue weighted by atomic mass is 19.4. The number of hydrogen-bond acceptors (Lipinski definition) is 2. The van der Waals surface area contributed by atoms with Gasteiger partial charge in [-0.25, -0.2) is 18.2 Å². The standard InChI is InChI=1S/C8H2F6N2/c9-5-4(7(10)11)3(1-15)2-16-6(5)8(12,13)14/h2,7H. The molecule has 0 unspecified atom stereocenters. The molecule has 0 atom stereocenters. The Balaban J connectivity index is 3.52. The number of nitrogens with zero attached hydrogens (tertiary/aromatic N) is 2. The minimum atomic E-state index is -5.18. The third kappa shape index (κ3) is 2.08. The summed E-state index contributed by atoms with van der Waals surface area (Å²) in [6.07, 6.45) is -8.42. The molecule has 1 aromatic rings. The second-order valence-corrected chi connectivity index (χ2v) is 2.66. The van der Waals surface area contributed by atoms with Gasteiger partial charge in [0, 0.05) is 6.20 Å². The zero-order chi connectivity index (χ0) is 12.5. The van der Waals surface area contributed by atoms with Crippen LogP contribution in [0.4, 0.5) is 26.3 Å². The van der Waals surface area contributed by atoms with Gasteiger partial charge >= 0.3 is 6.18 Å². The van der Waals surface area contributed by atoms with Gasteiger partial charge in [0.15, 0.2) is 11.5 Å².